The Morgan fingerprint density at radius 2 is 1.68 bits per heavy atom. The van der Waals surface area contributed by atoms with Crippen molar-refractivity contribution in [3.05, 3.63) is 81.4 Å². The summed E-state index contributed by atoms with van der Waals surface area (Å²) in [5.41, 5.74) is 3.52. The van der Waals surface area contributed by atoms with Gasteiger partial charge in [-0.3, -0.25) is 15.0 Å². The smallest absolute Gasteiger partial charge is 0.236 e. The molecule has 4 nitrogen and oxygen atoms in total. The summed E-state index contributed by atoms with van der Waals surface area (Å²) >= 11 is 0. The molecule has 2 aromatic carbocycles. The van der Waals surface area contributed by atoms with E-state index in [1.54, 1.807) is 0 Å². The average Bonchev–Trinajstić information content (AvgIpc) is 2.59. The van der Waals surface area contributed by atoms with E-state index in [-0.39, 0.29) is 22.3 Å². The SMILES string of the molecule is CC1(C)CN2Cc3ccccc3CC2C([N+](=O)[O-])C1c1ccccc1. The fraction of sp³-hybridized carbons (Fsp3) is 0.429. The van der Waals surface area contributed by atoms with Crippen LogP contribution in [0.4, 0.5) is 0 Å². The van der Waals surface area contributed by atoms with Crippen molar-refractivity contribution in [1.82, 2.24) is 4.90 Å². The minimum atomic E-state index is -0.584. The number of rotatable bonds is 2. The Labute approximate surface area is 148 Å². The lowest BCUT2D eigenvalue weighted by Crippen LogP contribution is -2.62. The maximum atomic E-state index is 12.2. The van der Waals surface area contributed by atoms with Crippen molar-refractivity contribution in [3.8, 4) is 0 Å². The predicted octanol–water partition coefficient (Wildman–Crippen LogP) is 3.88. The Hall–Kier alpha value is -2.20. The lowest BCUT2D eigenvalue weighted by Gasteiger charge is -2.51. The van der Waals surface area contributed by atoms with Crippen molar-refractivity contribution in [1.29, 1.82) is 0 Å². The minimum Gasteiger partial charge on any atom is -0.289 e. The first kappa shape index (κ1) is 16.3. The van der Waals surface area contributed by atoms with E-state index in [1.165, 1.54) is 11.1 Å². The number of fused-ring (bicyclic) bond motifs is 2. The third kappa shape index (κ3) is 2.74. The fourth-order valence-electron chi connectivity index (χ4n) is 4.99. The summed E-state index contributed by atoms with van der Waals surface area (Å²) in [5.74, 6) is -0.0739. The number of hydrogen-bond acceptors (Lipinski definition) is 3. The van der Waals surface area contributed by atoms with Crippen molar-refractivity contribution >= 4 is 0 Å². The highest BCUT2D eigenvalue weighted by molar-refractivity contribution is 5.33. The molecule has 25 heavy (non-hydrogen) atoms. The van der Waals surface area contributed by atoms with Gasteiger partial charge >= 0.3 is 0 Å². The second kappa shape index (κ2) is 5.95. The molecular weight excluding hydrogens is 312 g/mol. The molecule has 3 atom stereocenters. The monoisotopic (exact) mass is 336 g/mol. The molecule has 0 amide bonds. The van der Waals surface area contributed by atoms with Crippen LogP contribution in [0.25, 0.3) is 0 Å². The molecule has 2 aliphatic heterocycles. The molecule has 0 aromatic heterocycles. The van der Waals surface area contributed by atoms with Gasteiger partial charge in [-0.2, -0.15) is 0 Å². The lowest BCUT2D eigenvalue weighted by molar-refractivity contribution is -0.543. The summed E-state index contributed by atoms with van der Waals surface area (Å²) < 4.78 is 0. The van der Waals surface area contributed by atoms with Crippen molar-refractivity contribution in [2.75, 3.05) is 6.54 Å². The Kier molecular flexibility index (Phi) is 3.88. The molecule has 0 radical (unpaired) electrons. The van der Waals surface area contributed by atoms with Crippen LogP contribution < -0.4 is 0 Å². The van der Waals surface area contributed by atoms with Gasteiger partial charge in [-0.1, -0.05) is 68.4 Å². The summed E-state index contributed by atoms with van der Waals surface area (Å²) in [5, 5.41) is 12.2. The Morgan fingerprint density at radius 3 is 2.36 bits per heavy atom. The zero-order valence-corrected chi connectivity index (χ0v) is 14.8. The van der Waals surface area contributed by atoms with Crippen LogP contribution in [0.3, 0.4) is 0 Å². The van der Waals surface area contributed by atoms with Crippen molar-refractivity contribution < 1.29 is 4.92 Å². The van der Waals surface area contributed by atoms with Crippen molar-refractivity contribution in [2.45, 2.75) is 44.8 Å². The second-order valence-corrected chi connectivity index (χ2v) is 8.10. The van der Waals surface area contributed by atoms with Crippen LogP contribution in [0.2, 0.25) is 0 Å². The molecule has 130 valence electrons. The van der Waals surface area contributed by atoms with E-state index in [1.807, 2.05) is 24.3 Å². The van der Waals surface area contributed by atoms with Crippen LogP contribution in [-0.4, -0.2) is 28.5 Å². The van der Waals surface area contributed by atoms with Crippen LogP contribution in [0.1, 0.15) is 36.5 Å². The van der Waals surface area contributed by atoms with Crippen LogP contribution in [0, 0.1) is 15.5 Å². The van der Waals surface area contributed by atoms with E-state index in [4.69, 9.17) is 0 Å². The predicted molar refractivity (Wildman–Crippen MR) is 98.1 cm³/mol. The molecule has 4 rings (SSSR count). The molecular formula is C21H24N2O2. The maximum absolute atomic E-state index is 12.2. The molecule has 0 aliphatic carbocycles. The molecule has 3 unspecified atom stereocenters. The van der Waals surface area contributed by atoms with Gasteiger partial charge in [0.25, 0.3) is 0 Å². The van der Waals surface area contributed by atoms with Gasteiger partial charge in [0.05, 0.1) is 12.0 Å². The molecule has 2 aliphatic rings. The number of nitrogens with zero attached hydrogens (tertiary/aromatic N) is 2. The van der Waals surface area contributed by atoms with E-state index >= 15 is 0 Å². The van der Waals surface area contributed by atoms with Gasteiger partial charge in [0.2, 0.25) is 6.04 Å². The molecule has 0 spiro atoms. The van der Waals surface area contributed by atoms with Gasteiger partial charge < -0.3 is 0 Å². The molecule has 4 heteroatoms. The van der Waals surface area contributed by atoms with E-state index in [0.717, 1.165) is 25.1 Å². The zero-order chi connectivity index (χ0) is 17.6. The summed E-state index contributed by atoms with van der Waals surface area (Å²) in [6.45, 7) is 6.06. The minimum absolute atomic E-state index is 0.0236. The first-order chi connectivity index (χ1) is 12.0. The summed E-state index contributed by atoms with van der Waals surface area (Å²) in [7, 11) is 0. The van der Waals surface area contributed by atoms with E-state index < -0.39 is 6.04 Å². The van der Waals surface area contributed by atoms with Gasteiger partial charge in [-0.25, -0.2) is 0 Å². The Bertz CT molecular complexity index is 787. The van der Waals surface area contributed by atoms with Gasteiger partial charge in [-0.05, 0) is 28.5 Å². The third-order valence-electron chi connectivity index (χ3n) is 5.98. The quantitative estimate of drug-likeness (QED) is 0.617. The van der Waals surface area contributed by atoms with Gasteiger partial charge in [0.1, 0.15) is 0 Å². The molecule has 1 saturated heterocycles. The maximum Gasteiger partial charge on any atom is 0.236 e. The normalized spacial score (nSPS) is 28.0. The molecule has 0 N–H and O–H groups in total. The van der Waals surface area contributed by atoms with Crippen LogP contribution in [-0.2, 0) is 13.0 Å². The Balaban J connectivity index is 1.79. The average molecular weight is 336 g/mol. The zero-order valence-electron chi connectivity index (χ0n) is 14.8. The van der Waals surface area contributed by atoms with Crippen LogP contribution >= 0.6 is 0 Å². The van der Waals surface area contributed by atoms with Gasteiger partial charge in [0.15, 0.2) is 0 Å². The third-order valence-corrected chi connectivity index (χ3v) is 5.98. The van der Waals surface area contributed by atoms with Crippen molar-refractivity contribution in [3.63, 3.8) is 0 Å². The first-order valence-electron chi connectivity index (χ1n) is 8.96. The van der Waals surface area contributed by atoms with E-state index in [0.29, 0.717) is 0 Å². The Morgan fingerprint density at radius 1 is 1.04 bits per heavy atom. The molecule has 2 heterocycles. The summed E-state index contributed by atoms with van der Waals surface area (Å²) in [4.78, 5) is 14.5. The van der Waals surface area contributed by atoms with Gasteiger partial charge in [0, 0.05) is 18.0 Å². The first-order valence-corrected chi connectivity index (χ1v) is 8.96. The highest BCUT2D eigenvalue weighted by Gasteiger charge is 2.55. The standard InChI is InChI=1S/C21H24N2O2/c1-21(2)14-22-13-17-11-7-6-10-16(17)12-18(22)20(23(24)25)19(21)15-8-4-3-5-9-15/h3-11,18-20H,12-14H2,1-2H3. The molecule has 0 bridgehead atoms. The fourth-order valence-corrected chi connectivity index (χ4v) is 4.99. The summed E-state index contributed by atoms with van der Waals surface area (Å²) in [6, 6.07) is 17.8. The number of piperidine rings is 1. The molecule has 1 fully saturated rings. The largest absolute Gasteiger partial charge is 0.289 e. The number of hydrogen-bond donors (Lipinski definition) is 0. The highest BCUT2D eigenvalue weighted by atomic mass is 16.6. The lowest BCUT2D eigenvalue weighted by atomic mass is 9.64. The highest BCUT2D eigenvalue weighted by Crippen LogP contribution is 2.47. The number of nitro groups is 1. The topological polar surface area (TPSA) is 46.4 Å². The second-order valence-electron chi connectivity index (χ2n) is 8.10. The summed E-state index contributed by atoms with van der Waals surface area (Å²) in [6.07, 6.45) is 0.765. The van der Waals surface area contributed by atoms with Crippen molar-refractivity contribution in [2.24, 2.45) is 5.41 Å². The van der Waals surface area contributed by atoms with E-state index in [9.17, 15) is 10.1 Å². The molecule has 2 aromatic rings. The van der Waals surface area contributed by atoms with E-state index in [2.05, 4.69) is 49.1 Å². The van der Waals surface area contributed by atoms with Crippen LogP contribution in [0.15, 0.2) is 54.6 Å². The van der Waals surface area contributed by atoms with Crippen LogP contribution in [0.5, 0.6) is 0 Å². The van der Waals surface area contributed by atoms with Gasteiger partial charge in [-0.15, -0.1) is 0 Å². The molecule has 0 saturated carbocycles. The number of benzene rings is 2.